The van der Waals surface area contributed by atoms with Crippen LogP contribution in [0.2, 0.25) is 0 Å². The fraction of sp³-hybridized carbons (Fsp3) is 1.00. The summed E-state index contributed by atoms with van der Waals surface area (Å²) >= 11 is 0. The van der Waals surface area contributed by atoms with Crippen LogP contribution in [0.1, 0.15) is 20.8 Å². The van der Waals surface area contributed by atoms with Gasteiger partial charge in [-0.2, -0.15) is 0 Å². The summed E-state index contributed by atoms with van der Waals surface area (Å²) in [6.45, 7) is 12.8. The monoisotopic (exact) mass is 156 g/mol. The zero-order valence-electron chi connectivity index (χ0n) is 7.98. The van der Waals surface area contributed by atoms with Crippen molar-refractivity contribution in [1.82, 2.24) is 10.2 Å². The van der Waals surface area contributed by atoms with Crippen LogP contribution in [-0.4, -0.2) is 37.6 Å². The van der Waals surface area contributed by atoms with E-state index in [0.29, 0.717) is 5.41 Å². The minimum atomic E-state index is 0.562. The molecule has 0 aromatic rings. The number of hydrogen-bond donors (Lipinski definition) is 1. The van der Waals surface area contributed by atoms with Gasteiger partial charge in [-0.1, -0.05) is 20.8 Å². The maximum atomic E-state index is 3.41. The third kappa shape index (κ3) is 2.17. The molecule has 0 aromatic carbocycles. The molecule has 0 aromatic heterocycles. The van der Waals surface area contributed by atoms with Crippen LogP contribution in [0.5, 0.6) is 0 Å². The van der Waals surface area contributed by atoms with Crippen LogP contribution < -0.4 is 5.32 Å². The molecule has 2 heteroatoms. The van der Waals surface area contributed by atoms with Gasteiger partial charge < -0.3 is 10.2 Å². The highest BCUT2D eigenvalue weighted by molar-refractivity contribution is 4.92. The maximum Gasteiger partial charge on any atom is 0.00599 e. The first-order chi connectivity index (χ1) is 5.20. The predicted molar refractivity (Wildman–Crippen MR) is 48.8 cm³/mol. The zero-order valence-corrected chi connectivity index (χ0v) is 7.98. The van der Waals surface area contributed by atoms with Crippen LogP contribution in [0.3, 0.4) is 0 Å². The van der Waals surface area contributed by atoms with E-state index in [2.05, 4.69) is 31.0 Å². The van der Waals surface area contributed by atoms with Crippen LogP contribution >= 0.6 is 0 Å². The molecular formula is C9H20N2. The van der Waals surface area contributed by atoms with Crippen molar-refractivity contribution in [3.63, 3.8) is 0 Å². The average Bonchev–Trinajstić information content (AvgIpc) is 1.95. The Bertz CT molecular complexity index is 111. The molecule has 66 valence electrons. The first-order valence-electron chi connectivity index (χ1n) is 4.63. The molecule has 0 aliphatic carbocycles. The quantitative estimate of drug-likeness (QED) is 0.651. The van der Waals surface area contributed by atoms with E-state index in [-0.39, 0.29) is 0 Å². The first kappa shape index (κ1) is 9.01. The van der Waals surface area contributed by atoms with Crippen molar-refractivity contribution in [3.05, 3.63) is 0 Å². The molecule has 1 aliphatic heterocycles. The van der Waals surface area contributed by atoms with Gasteiger partial charge in [0.05, 0.1) is 0 Å². The second-order valence-corrected chi connectivity index (χ2v) is 3.89. The van der Waals surface area contributed by atoms with E-state index in [1.165, 1.54) is 26.2 Å². The van der Waals surface area contributed by atoms with Gasteiger partial charge in [0, 0.05) is 25.0 Å². The molecule has 1 fully saturated rings. The molecule has 0 bridgehead atoms. The van der Waals surface area contributed by atoms with Gasteiger partial charge in [0.25, 0.3) is 0 Å². The SMILES string of the molecule is CCNCC1(C)CN(CC)C1. The molecular weight excluding hydrogens is 136 g/mol. The van der Waals surface area contributed by atoms with Crippen LogP contribution in [0.4, 0.5) is 0 Å². The Hall–Kier alpha value is -0.0800. The van der Waals surface area contributed by atoms with E-state index in [9.17, 15) is 0 Å². The lowest BCUT2D eigenvalue weighted by Gasteiger charge is -2.48. The molecule has 1 saturated heterocycles. The topological polar surface area (TPSA) is 15.3 Å². The normalized spacial score (nSPS) is 23.2. The van der Waals surface area contributed by atoms with Crippen molar-refractivity contribution in [1.29, 1.82) is 0 Å². The number of hydrogen-bond acceptors (Lipinski definition) is 2. The number of likely N-dealkylation sites (tertiary alicyclic amines) is 1. The summed E-state index contributed by atoms with van der Waals surface area (Å²) in [4.78, 5) is 2.48. The van der Waals surface area contributed by atoms with Gasteiger partial charge in [0.2, 0.25) is 0 Å². The van der Waals surface area contributed by atoms with E-state index in [1.807, 2.05) is 0 Å². The highest BCUT2D eigenvalue weighted by Crippen LogP contribution is 2.28. The van der Waals surface area contributed by atoms with E-state index >= 15 is 0 Å². The highest BCUT2D eigenvalue weighted by atomic mass is 15.2. The van der Waals surface area contributed by atoms with Gasteiger partial charge >= 0.3 is 0 Å². The zero-order chi connectivity index (χ0) is 8.32. The fourth-order valence-electron chi connectivity index (χ4n) is 1.80. The van der Waals surface area contributed by atoms with Crippen molar-refractivity contribution < 1.29 is 0 Å². The molecule has 1 aliphatic rings. The summed E-state index contributed by atoms with van der Waals surface area (Å²) in [6, 6.07) is 0. The molecule has 0 unspecified atom stereocenters. The fourth-order valence-corrected chi connectivity index (χ4v) is 1.80. The minimum absolute atomic E-state index is 0.562. The second-order valence-electron chi connectivity index (χ2n) is 3.89. The predicted octanol–water partition coefficient (Wildman–Crippen LogP) is 0.938. The Balaban J connectivity index is 2.15. The van der Waals surface area contributed by atoms with Crippen molar-refractivity contribution >= 4 is 0 Å². The Labute approximate surface area is 70.0 Å². The summed E-state index contributed by atoms with van der Waals surface area (Å²) in [5.74, 6) is 0. The van der Waals surface area contributed by atoms with Crippen molar-refractivity contribution in [2.45, 2.75) is 20.8 Å². The Morgan fingerprint density at radius 1 is 1.36 bits per heavy atom. The Kier molecular flexibility index (Phi) is 2.90. The van der Waals surface area contributed by atoms with Gasteiger partial charge in [-0.05, 0) is 13.1 Å². The van der Waals surface area contributed by atoms with Crippen LogP contribution in [0, 0.1) is 5.41 Å². The lowest BCUT2D eigenvalue weighted by Crippen LogP contribution is -2.58. The van der Waals surface area contributed by atoms with E-state index in [1.54, 1.807) is 0 Å². The molecule has 1 rings (SSSR count). The van der Waals surface area contributed by atoms with Gasteiger partial charge in [0.1, 0.15) is 0 Å². The maximum absolute atomic E-state index is 3.41. The van der Waals surface area contributed by atoms with Gasteiger partial charge in [-0.25, -0.2) is 0 Å². The van der Waals surface area contributed by atoms with Gasteiger partial charge in [0.15, 0.2) is 0 Å². The van der Waals surface area contributed by atoms with E-state index in [4.69, 9.17) is 0 Å². The standard InChI is InChI=1S/C9H20N2/c1-4-10-6-9(3)7-11(5-2)8-9/h10H,4-8H2,1-3H3. The summed E-state index contributed by atoms with van der Waals surface area (Å²) in [6.07, 6.45) is 0. The van der Waals surface area contributed by atoms with E-state index < -0.39 is 0 Å². The summed E-state index contributed by atoms with van der Waals surface area (Å²) in [5.41, 5.74) is 0.562. The summed E-state index contributed by atoms with van der Waals surface area (Å²) in [7, 11) is 0. The molecule has 0 amide bonds. The smallest absolute Gasteiger partial charge is 0.00599 e. The molecule has 0 saturated carbocycles. The first-order valence-corrected chi connectivity index (χ1v) is 4.63. The Morgan fingerprint density at radius 2 is 2.00 bits per heavy atom. The number of rotatable bonds is 4. The van der Waals surface area contributed by atoms with Gasteiger partial charge in [-0.3, -0.25) is 0 Å². The number of nitrogens with zero attached hydrogens (tertiary/aromatic N) is 1. The van der Waals surface area contributed by atoms with Crippen molar-refractivity contribution in [2.24, 2.45) is 5.41 Å². The highest BCUT2D eigenvalue weighted by Gasteiger charge is 2.36. The van der Waals surface area contributed by atoms with Crippen LogP contribution in [0.25, 0.3) is 0 Å². The molecule has 0 radical (unpaired) electrons. The minimum Gasteiger partial charge on any atom is -0.316 e. The third-order valence-corrected chi connectivity index (χ3v) is 2.46. The lowest BCUT2D eigenvalue weighted by molar-refractivity contribution is 0.0214. The number of nitrogens with one attached hydrogen (secondary N) is 1. The molecule has 1 heterocycles. The second kappa shape index (κ2) is 3.55. The van der Waals surface area contributed by atoms with Crippen LogP contribution in [0.15, 0.2) is 0 Å². The largest absolute Gasteiger partial charge is 0.316 e. The Morgan fingerprint density at radius 3 is 2.45 bits per heavy atom. The molecule has 2 nitrogen and oxygen atoms in total. The average molecular weight is 156 g/mol. The third-order valence-electron chi connectivity index (χ3n) is 2.46. The molecule has 0 atom stereocenters. The summed E-state index contributed by atoms with van der Waals surface area (Å²) < 4.78 is 0. The summed E-state index contributed by atoms with van der Waals surface area (Å²) in [5, 5.41) is 3.41. The lowest BCUT2D eigenvalue weighted by atomic mass is 9.82. The molecule has 1 N–H and O–H groups in total. The van der Waals surface area contributed by atoms with Crippen molar-refractivity contribution in [3.8, 4) is 0 Å². The molecule has 11 heavy (non-hydrogen) atoms. The van der Waals surface area contributed by atoms with Crippen LogP contribution in [-0.2, 0) is 0 Å². The molecule has 0 spiro atoms. The van der Waals surface area contributed by atoms with Gasteiger partial charge in [-0.15, -0.1) is 0 Å². The van der Waals surface area contributed by atoms with E-state index in [0.717, 1.165) is 6.54 Å². The van der Waals surface area contributed by atoms with Crippen molar-refractivity contribution in [2.75, 3.05) is 32.7 Å².